The predicted molar refractivity (Wildman–Crippen MR) is 98.9 cm³/mol. The van der Waals surface area contributed by atoms with Crippen molar-refractivity contribution in [3.05, 3.63) is 58.4 Å². The van der Waals surface area contributed by atoms with E-state index in [1.807, 2.05) is 36.6 Å². The van der Waals surface area contributed by atoms with Gasteiger partial charge in [0.15, 0.2) is 0 Å². The van der Waals surface area contributed by atoms with Crippen molar-refractivity contribution in [2.45, 2.75) is 13.8 Å². The molecule has 6 heteroatoms. The van der Waals surface area contributed by atoms with E-state index in [9.17, 15) is 14.9 Å². The number of hydrogen-bond acceptors (Lipinski definition) is 4. The Bertz CT molecular complexity index is 930. The second-order valence-corrected chi connectivity index (χ2v) is 6.07. The van der Waals surface area contributed by atoms with Crippen molar-refractivity contribution >= 4 is 18.0 Å². The smallest absolute Gasteiger partial charge is 0.337 e. The first kappa shape index (κ1) is 19.0. The molecular weight excluding hydrogens is 330 g/mol. The Morgan fingerprint density at radius 1 is 1.23 bits per heavy atom. The summed E-state index contributed by atoms with van der Waals surface area (Å²) in [6.07, 6.45) is 1.59. The summed E-state index contributed by atoms with van der Waals surface area (Å²) in [6, 6.07) is 11.0. The van der Waals surface area contributed by atoms with Gasteiger partial charge < -0.3 is 14.2 Å². The first-order valence-corrected chi connectivity index (χ1v) is 8.01. The molecule has 6 nitrogen and oxygen atoms in total. The van der Waals surface area contributed by atoms with Crippen LogP contribution in [-0.4, -0.2) is 42.5 Å². The Hall–Kier alpha value is -3.33. The van der Waals surface area contributed by atoms with Crippen LogP contribution in [-0.2, 0) is 9.53 Å². The number of amides is 1. The highest BCUT2D eigenvalue weighted by molar-refractivity contribution is 6.01. The van der Waals surface area contributed by atoms with Crippen molar-refractivity contribution in [1.29, 1.82) is 5.26 Å². The highest BCUT2D eigenvalue weighted by Gasteiger charge is 2.15. The van der Waals surface area contributed by atoms with Crippen LogP contribution in [0.4, 0.5) is 0 Å². The number of hydrogen-bond donors (Lipinski definition) is 0. The second-order valence-electron chi connectivity index (χ2n) is 6.07. The van der Waals surface area contributed by atoms with E-state index in [1.165, 1.54) is 12.0 Å². The van der Waals surface area contributed by atoms with E-state index >= 15 is 0 Å². The van der Waals surface area contributed by atoms with Crippen LogP contribution in [0.15, 0.2) is 35.9 Å². The molecule has 0 aliphatic rings. The van der Waals surface area contributed by atoms with Crippen LogP contribution < -0.4 is 0 Å². The lowest BCUT2D eigenvalue weighted by Crippen LogP contribution is -2.22. The first-order valence-electron chi connectivity index (χ1n) is 8.01. The van der Waals surface area contributed by atoms with Gasteiger partial charge >= 0.3 is 5.97 Å². The quantitative estimate of drug-likeness (QED) is 0.482. The molecule has 0 spiro atoms. The lowest BCUT2D eigenvalue weighted by molar-refractivity contribution is -0.124. The van der Waals surface area contributed by atoms with Crippen LogP contribution in [0.25, 0.3) is 11.8 Å². The summed E-state index contributed by atoms with van der Waals surface area (Å²) in [4.78, 5) is 25.2. The summed E-state index contributed by atoms with van der Waals surface area (Å²) < 4.78 is 6.74. The van der Waals surface area contributed by atoms with Gasteiger partial charge in [-0.25, -0.2) is 4.79 Å². The van der Waals surface area contributed by atoms with Crippen molar-refractivity contribution in [3.63, 3.8) is 0 Å². The number of carbonyl (C=O) groups is 2. The van der Waals surface area contributed by atoms with Crippen molar-refractivity contribution < 1.29 is 14.3 Å². The van der Waals surface area contributed by atoms with E-state index in [-0.39, 0.29) is 11.5 Å². The molecule has 1 aromatic carbocycles. The lowest BCUT2D eigenvalue weighted by atomic mass is 10.1. The fraction of sp³-hybridized carbons (Fsp3) is 0.250. The third-order valence-electron chi connectivity index (χ3n) is 4.05. The van der Waals surface area contributed by atoms with Crippen LogP contribution in [0.2, 0.25) is 0 Å². The average Bonchev–Trinajstić information content (AvgIpc) is 2.91. The van der Waals surface area contributed by atoms with Gasteiger partial charge in [-0.05, 0) is 49.8 Å². The molecule has 1 heterocycles. The Balaban J connectivity index is 2.54. The molecule has 0 unspecified atom stereocenters. The molecule has 2 rings (SSSR count). The number of aromatic nitrogens is 1. The highest BCUT2D eigenvalue weighted by atomic mass is 16.5. The van der Waals surface area contributed by atoms with Gasteiger partial charge in [0, 0.05) is 31.2 Å². The largest absolute Gasteiger partial charge is 0.465 e. The number of aryl methyl sites for hydroxylation is 1. The molecule has 0 aliphatic carbocycles. The molecule has 0 fully saturated rings. The zero-order chi connectivity index (χ0) is 19.4. The molecule has 0 N–H and O–H groups in total. The number of ether oxygens (including phenoxy) is 1. The van der Waals surface area contributed by atoms with Gasteiger partial charge in [0.2, 0.25) is 0 Å². The summed E-state index contributed by atoms with van der Waals surface area (Å²) >= 11 is 0. The average molecular weight is 351 g/mol. The predicted octanol–water partition coefficient (Wildman–Crippen LogP) is 2.88. The number of nitriles is 1. The lowest BCUT2D eigenvalue weighted by Gasteiger charge is -2.11. The van der Waals surface area contributed by atoms with E-state index < -0.39 is 5.97 Å². The maximum Gasteiger partial charge on any atom is 0.337 e. The number of likely N-dealkylation sites (N-methyl/N-ethyl adjacent to an activating group) is 1. The Kier molecular flexibility index (Phi) is 5.63. The van der Waals surface area contributed by atoms with Crippen molar-refractivity contribution in [3.8, 4) is 11.8 Å². The van der Waals surface area contributed by atoms with Crippen LogP contribution in [0.3, 0.4) is 0 Å². The fourth-order valence-corrected chi connectivity index (χ4v) is 2.76. The number of methoxy groups -OCH3 is 1. The Labute approximate surface area is 152 Å². The van der Waals surface area contributed by atoms with E-state index in [1.54, 1.807) is 38.4 Å². The van der Waals surface area contributed by atoms with Crippen LogP contribution in [0.1, 0.15) is 27.3 Å². The molecule has 1 amide bonds. The fourth-order valence-electron chi connectivity index (χ4n) is 2.76. The minimum Gasteiger partial charge on any atom is -0.465 e. The molecule has 2 aromatic rings. The monoisotopic (exact) mass is 351 g/mol. The van der Waals surface area contributed by atoms with E-state index in [0.717, 1.165) is 22.6 Å². The van der Waals surface area contributed by atoms with Crippen molar-refractivity contribution in [2.24, 2.45) is 0 Å². The number of esters is 1. The molecular formula is C20H21N3O3. The normalized spacial score (nSPS) is 11.0. The zero-order valence-corrected chi connectivity index (χ0v) is 15.5. The maximum atomic E-state index is 12.1. The molecule has 0 saturated carbocycles. The summed E-state index contributed by atoms with van der Waals surface area (Å²) in [6.45, 7) is 3.83. The summed E-state index contributed by atoms with van der Waals surface area (Å²) in [5.74, 6) is -0.747. The number of benzene rings is 1. The number of nitrogens with zero attached hydrogens (tertiary/aromatic N) is 3. The standard InChI is InChI=1S/C20H21N3O3/c1-13-9-16(10-17(12-21)19(24)22(3)4)14(2)23(13)18-8-6-7-15(11-18)20(25)26-5/h6-11H,1-5H3/b17-10-. The van der Waals surface area contributed by atoms with Crippen molar-refractivity contribution in [2.75, 3.05) is 21.2 Å². The molecule has 26 heavy (non-hydrogen) atoms. The number of carbonyl (C=O) groups excluding carboxylic acids is 2. The van der Waals surface area contributed by atoms with E-state index in [4.69, 9.17) is 4.74 Å². The van der Waals surface area contributed by atoms with Crippen LogP contribution in [0.5, 0.6) is 0 Å². The van der Waals surface area contributed by atoms with Crippen molar-refractivity contribution in [1.82, 2.24) is 9.47 Å². The van der Waals surface area contributed by atoms with Gasteiger partial charge in [-0.2, -0.15) is 5.26 Å². The molecule has 0 saturated heterocycles. The number of rotatable bonds is 4. The maximum absolute atomic E-state index is 12.1. The Morgan fingerprint density at radius 2 is 1.92 bits per heavy atom. The molecule has 0 atom stereocenters. The minimum atomic E-state index is -0.405. The van der Waals surface area contributed by atoms with E-state index in [0.29, 0.717) is 5.56 Å². The molecule has 0 aliphatic heterocycles. The van der Waals surface area contributed by atoms with Gasteiger partial charge in [-0.15, -0.1) is 0 Å². The summed E-state index contributed by atoms with van der Waals surface area (Å²) in [5, 5.41) is 9.29. The minimum absolute atomic E-state index is 0.0681. The van der Waals surface area contributed by atoms with Gasteiger partial charge in [-0.1, -0.05) is 6.07 Å². The third-order valence-corrected chi connectivity index (χ3v) is 4.05. The molecule has 0 bridgehead atoms. The van der Waals surface area contributed by atoms with Gasteiger partial charge in [-0.3, -0.25) is 4.79 Å². The van der Waals surface area contributed by atoms with Gasteiger partial charge in [0.25, 0.3) is 5.91 Å². The Morgan fingerprint density at radius 3 is 2.50 bits per heavy atom. The molecule has 1 aromatic heterocycles. The third kappa shape index (κ3) is 3.67. The van der Waals surface area contributed by atoms with Gasteiger partial charge in [0.1, 0.15) is 11.6 Å². The van der Waals surface area contributed by atoms with Gasteiger partial charge in [0.05, 0.1) is 12.7 Å². The topological polar surface area (TPSA) is 75.3 Å². The van der Waals surface area contributed by atoms with Crippen LogP contribution in [0, 0.1) is 25.2 Å². The second kappa shape index (κ2) is 7.70. The van der Waals surface area contributed by atoms with Crippen LogP contribution >= 0.6 is 0 Å². The first-order chi connectivity index (χ1) is 12.3. The summed E-state index contributed by atoms with van der Waals surface area (Å²) in [5.41, 5.74) is 3.89. The van der Waals surface area contributed by atoms with E-state index in [2.05, 4.69) is 0 Å². The summed E-state index contributed by atoms with van der Waals surface area (Å²) in [7, 11) is 4.56. The molecule has 0 radical (unpaired) electrons. The molecule has 134 valence electrons. The highest BCUT2D eigenvalue weighted by Crippen LogP contribution is 2.24. The zero-order valence-electron chi connectivity index (χ0n) is 15.5. The SMILES string of the molecule is COC(=O)c1cccc(-n2c(C)cc(/C=C(/C#N)C(=O)N(C)C)c2C)c1.